The number of benzene rings is 1. The summed E-state index contributed by atoms with van der Waals surface area (Å²) in [5.41, 5.74) is 7.80. The zero-order valence-corrected chi connectivity index (χ0v) is 10.4. The minimum atomic E-state index is 0.271. The Hall–Kier alpha value is -2.17. The molecule has 0 radical (unpaired) electrons. The van der Waals surface area contributed by atoms with Crippen LogP contribution in [0.25, 0.3) is 11.1 Å². The van der Waals surface area contributed by atoms with Crippen LogP contribution in [0.5, 0.6) is 11.5 Å². The van der Waals surface area contributed by atoms with E-state index in [0.29, 0.717) is 5.82 Å². The lowest BCUT2D eigenvalue weighted by Gasteiger charge is -2.03. The van der Waals surface area contributed by atoms with Crippen LogP contribution in [-0.2, 0) is 6.42 Å². The minimum absolute atomic E-state index is 0.271. The van der Waals surface area contributed by atoms with Gasteiger partial charge in [0.15, 0.2) is 17.3 Å². The molecule has 1 aromatic carbocycles. The molecule has 19 heavy (non-hydrogen) atoms. The van der Waals surface area contributed by atoms with Gasteiger partial charge >= 0.3 is 0 Å². The van der Waals surface area contributed by atoms with E-state index < -0.39 is 0 Å². The highest BCUT2D eigenvalue weighted by Crippen LogP contribution is 2.41. The van der Waals surface area contributed by atoms with E-state index in [1.54, 1.807) is 0 Å². The zero-order chi connectivity index (χ0) is 12.8. The monoisotopic (exact) mass is 258 g/mol. The second kappa shape index (κ2) is 3.91. The van der Waals surface area contributed by atoms with Crippen molar-refractivity contribution >= 4 is 5.82 Å². The minimum Gasteiger partial charge on any atom is -0.454 e. The highest BCUT2D eigenvalue weighted by molar-refractivity contribution is 5.77. The number of hydrogen-bond acceptors (Lipinski definition) is 5. The molecular weight excluding hydrogens is 244 g/mol. The first-order chi connectivity index (χ1) is 9.31. The van der Waals surface area contributed by atoms with Crippen molar-refractivity contribution in [2.24, 2.45) is 5.92 Å². The SMILES string of the molecule is Nc1noc(CC2CC2)c1-c1ccc2c(c1)OCO2. The lowest BCUT2D eigenvalue weighted by atomic mass is 10.0. The van der Waals surface area contributed by atoms with E-state index >= 15 is 0 Å². The van der Waals surface area contributed by atoms with Crippen LogP contribution in [0.15, 0.2) is 22.7 Å². The summed E-state index contributed by atoms with van der Waals surface area (Å²) in [4.78, 5) is 0. The third-order valence-electron chi connectivity index (χ3n) is 3.62. The highest BCUT2D eigenvalue weighted by atomic mass is 16.7. The van der Waals surface area contributed by atoms with Crippen LogP contribution in [0, 0.1) is 5.92 Å². The van der Waals surface area contributed by atoms with Crippen molar-refractivity contribution in [1.29, 1.82) is 0 Å². The Morgan fingerprint density at radius 2 is 2.05 bits per heavy atom. The molecule has 2 heterocycles. The second-order valence-corrected chi connectivity index (χ2v) is 5.08. The molecule has 5 nitrogen and oxygen atoms in total. The van der Waals surface area contributed by atoms with Crippen molar-refractivity contribution in [3.63, 3.8) is 0 Å². The fourth-order valence-corrected chi connectivity index (χ4v) is 2.42. The summed E-state index contributed by atoms with van der Waals surface area (Å²) in [7, 11) is 0. The predicted molar refractivity (Wildman–Crippen MR) is 68.9 cm³/mol. The Balaban J connectivity index is 1.76. The van der Waals surface area contributed by atoms with Crippen LogP contribution in [0.4, 0.5) is 5.82 Å². The van der Waals surface area contributed by atoms with Crippen molar-refractivity contribution in [2.45, 2.75) is 19.3 Å². The normalized spacial score (nSPS) is 16.8. The number of nitrogens with two attached hydrogens (primary N) is 1. The number of nitrogens with zero attached hydrogens (tertiary/aromatic N) is 1. The molecule has 2 aliphatic rings. The van der Waals surface area contributed by atoms with E-state index in [2.05, 4.69) is 5.16 Å². The third kappa shape index (κ3) is 1.82. The van der Waals surface area contributed by atoms with E-state index in [1.807, 2.05) is 18.2 Å². The summed E-state index contributed by atoms with van der Waals surface area (Å²) < 4.78 is 16.1. The number of fused-ring (bicyclic) bond motifs is 1. The summed E-state index contributed by atoms with van der Waals surface area (Å²) in [5, 5.41) is 3.90. The maximum absolute atomic E-state index is 5.94. The van der Waals surface area contributed by atoms with Gasteiger partial charge in [-0.3, -0.25) is 0 Å². The fourth-order valence-electron chi connectivity index (χ4n) is 2.42. The molecule has 4 rings (SSSR count). The van der Waals surface area contributed by atoms with Crippen molar-refractivity contribution in [3.8, 4) is 22.6 Å². The number of rotatable bonds is 3. The first kappa shape index (κ1) is 10.7. The lowest BCUT2D eigenvalue weighted by molar-refractivity contribution is 0.174. The molecule has 1 fully saturated rings. The molecule has 0 bridgehead atoms. The molecule has 2 aromatic rings. The van der Waals surface area contributed by atoms with E-state index in [9.17, 15) is 0 Å². The standard InChI is InChI=1S/C14H14N2O3/c15-14-13(12(19-16-14)5-8-1-2-8)9-3-4-10-11(6-9)18-7-17-10/h3-4,6,8H,1-2,5,7H2,(H2,15,16). The molecule has 0 spiro atoms. The zero-order valence-electron chi connectivity index (χ0n) is 10.4. The summed E-state index contributed by atoms with van der Waals surface area (Å²) in [6.45, 7) is 0.271. The van der Waals surface area contributed by atoms with Crippen LogP contribution in [0.2, 0.25) is 0 Å². The molecular formula is C14H14N2O3. The summed E-state index contributed by atoms with van der Waals surface area (Å²) in [6, 6.07) is 5.79. The predicted octanol–water partition coefficient (Wildman–Crippen LogP) is 2.61. The average Bonchev–Trinajstić information content (AvgIpc) is 2.97. The van der Waals surface area contributed by atoms with Gasteiger partial charge in [0.1, 0.15) is 5.76 Å². The largest absolute Gasteiger partial charge is 0.454 e. The number of hydrogen-bond donors (Lipinski definition) is 1. The number of nitrogen functional groups attached to an aromatic ring is 1. The van der Waals surface area contributed by atoms with Gasteiger partial charge in [-0.05, 0) is 36.5 Å². The van der Waals surface area contributed by atoms with Crippen LogP contribution in [0.3, 0.4) is 0 Å². The van der Waals surface area contributed by atoms with Crippen LogP contribution >= 0.6 is 0 Å². The molecule has 98 valence electrons. The van der Waals surface area contributed by atoms with Gasteiger partial charge in [0.2, 0.25) is 6.79 Å². The fraction of sp³-hybridized carbons (Fsp3) is 0.357. The Morgan fingerprint density at radius 3 is 2.89 bits per heavy atom. The molecule has 0 amide bonds. The average molecular weight is 258 g/mol. The molecule has 1 saturated carbocycles. The van der Waals surface area contributed by atoms with Gasteiger partial charge in [0.05, 0.1) is 5.56 Å². The van der Waals surface area contributed by atoms with Gasteiger partial charge in [-0.2, -0.15) is 0 Å². The van der Waals surface area contributed by atoms with Crippen LogP contribution in [0.1, 0.15) is 18.6 Å². The summed E-state index contributed by atoms with van der Waals surface area (Å²) >= 11 is 0. The number of aromatic nitrogens is 1. The molecule has 0 unspecified atom stereocenters. The first-order valence-electron chi connectivity index (χ1n) is 6.45. The van der Waals surface area contributed by atoms with Gasteiger partial charge in [0, 0.05) is 6.42 Å². The van der Waals surface area contributed by atoms with Crippen molar-refractivity contribution in [2.75, 3.05) is 12.5 Å². The lowest BCUT2D eigenvalue weighted by Crippen LogP contribution is -1.93. The highest BCUT2D eigenvalue weighted by Gasteiger charge is 2.27. The number of ether oxygens (including phenoxy) is 2. The molecule has 1 aliphatic heterocycles. The molecule has 5 heteroatoms. The maximum Gasteiger partial charge on any atom is 0.231 e. The second-order valence-electron chi connectivity index (χ2n) is 5.08. The molecule has 0 saturated heterocycles. The Morgan fingerprint density at radius 1 is 1.21 bits per heavy atom. The van der Waals surface area contributed by atoms with Gasteiger partial charge in [-0.15, -0.1) is 0 Å². The van der Waals surface area contributed by atoms with Gasteiger partial charge in [-0.25, -0.2) is 0 Å². The summed E-state index contributed by atoms with van der Waals surface area (Å²) in [6.07, 6.45) is 3.44. The van der Waals surface area contributed by atoms with Crippen LogP contribution < -0.4 is 15.2 Å². The molecule has 1 aromatic heterocycles. The quantitative estimate of drug-likeness (QED) is 0.916. The van der Waals surface area contributed by atoms with Gasteiger partial charge in [-0.1, -0.05) is 11.2 Å². The topological polar surface area (TPSA) is 70.5 Å². The molecule has 1 aliphatic carbocycles. The third-order valence-corrected chi connectivity index (χ3v) is 3.62. The van der Waals surface area contributed by atoms with Crippen molar-refractivity contribution < 1.29 is 14.0 Å². The Labute approximate surface area is 110 Å². The van der Waals surface area contributed by atoms with E-state index in [0.717, 1.165) is 40.7 Å². The molecule has 0 atom stereocenters. The van der Waals surface area contributed by atoms with E-state index in [4.69, 9.17) is 19.7 Å². The Bertz CT molecular complexity index is 632. The van der Waals surface area contributed by atoms with Crippen molar-refractivity contribution in [3.05, 3.63) is 24.0 Å². The maximum atomic E-state index is 5.94. The van der Waals surface area contributed by atoms with Crippen LogP contribution in [-0.4, -0.2) is 11.9 Å². The van der Waals surface area contributed by atoms with E-state index in [-0.39, 0.29) is 6.79 Å². The van der Waals surface area contributed by atoms with Gasteiger partial charge in [0.25, 0.3) is 0 Å². The summed E-state index contributed by atoms with van der Waals surface area (Å²) in [5.74, 6) is 3.55. The Kier molecular flexibility index (Phi) is 2.21. The van der Waals surface area contributed by atoms with E-state index in [1.165, 1.54) is 12.8 Å². The smallest absolute Gasteiger partial charge is 0.231 e. The van der Waals surface area contributed by atoms with Gasteiger partial charge < -0.3 is 19.7 Å². The van der Waals surface area contributed by atoms with Crippen molar-refractivity contribution in [1.82, 2.24) is 5.16 Å². The molecule has 2 N–H and O–H groups in total. The first-order valence-corrected chi connectivity index (χ1v) is 6.45. The number of anilines is 1.